The van der Waals surface area contributed by atoms with Crippen LogP contribution in [0.25, 0.3) is 0 Å². The van der Waals surface area contributed by atoms with Gasteiger partial charge in [-0.15, -0.1) is 0 Å². The van der Waals surface area contributed by atoms with Crippen molar-refractivity contribution in [2.24, 2.45) is 0 Å². The summed E-state index contributed by atoms with van der Waals surface area (Å²) in [7, 11) is 2.95. The summed E-state index contributed by atoms with van der Waals surface area (Å²) < 4.78 is 36.2. The van der Waals surface area contributed by atoms with E-state index < -0.39 is 11.6 Å². The van der Waals surface area contributed by atoms with Gasteiger partial charge in [0.2, 0.25) is 11.8 Å². The standard InChI is InChI=1S/C13H13F2N3O2/c1-19-12-9(13(20-2)18-7-17-12)6-16-8-3-4-10(14)11(15)5-8/h3-5,7,16H,6H2,1-2H3. The molecule has 0 aliphatic rings. The van der Waals surface area contributed by atoms with Crippen molar-refractivity contribution < 1.29 is 18.3 Å². The highest BCUT2D eigenvalue weighted by molar-refractivity contribution is 5.46. The van der Waals surface area contributed by atoms with Gasteiger partial charge in [0.15, 0.2) is 11.6 Å². The van der Waals surface area contributed by atoms with E-state index in [2.05, 4.69) is 15.3 Å². The van der Waals surface area contributed by atoms with Crippen LogP contribution in [0, 0.1) is 11.6 Å². The summed E-state index contributed by atoms with van der Waals surface area (Å²) in [5, 5.41) is 2.93. The van der Waals surface area contributed by atoms with Crippen LogP contribution < -0.4 is 14.8 Å². The quantitative estimate of drug-likeness (QED) is 0.912. The highest BCUT2D eigenvalue weighted by Crippen LogP contribution is 2.24. The van der Waals surface area contributed by atoms with Gasteiger partial charge in [0.25, 0.3) is 0 Å². The van der Waals surface area contributed by atoms with Crippen LogP contribution in [-0.4, -0.2) is 24.2 Å². The van der Waals surface area contributed by atoms with Crippen molar-refractivity contribution in [1.82, 2.24) is 9.97 Å². The first-order chi connectivity index (χ1) is 9.65. The summed E-state index contributed by atoms with van der Waals surface area (Å²) in [5.41, 5.74) is 1.01. The number of methoxy groups -OCH3 is 2. The minimum absolute atomic E-state index is 0.248. The molecule has 5 nitrogen and oxygen atoms in total. The molecule has 0 spiro atoms. The number of hydrogen-bond acceptors (Lipinski definition) is 5. The number of benzene rings is 1. The summed E-state index contributed by atoms with van der Waals surface area (Å²) in [6.45, 7) is 0.248. The molecule has 0 aliphatic heterocycles. The molecule has 20 heavy (non-hydrogen) atoms. The Balaban J connectivity index is 2.19. The van der Waals surface area contributed by atoms with Crippen molar-refractivity contribution in [2.45, 2.75) is 6.54 Å². The van der Waals surface area contributed by atoms with E-state index >= 15 is 0 Å². The highest BCUT2D eigenvalue weighted by atomic mass is 19.2. The van der Waals surface area contributed by atoms with Crippen LogP contribution in [0.1, 0.15) is 5.56 Å². The van der Waals surface area contributed by atoms with E-state index in [0.29, 0.717) is 23.0 Å². The minimum Gasteiger partial charge on any atom is -0.481 e. The lowest BCUT2D eigenvalue weighted by Crippen LogP contribution is -2.07. The molecule has 0 bridgehead atoms. The molecule has 0 radical (unpaired) electrons. The monoisotopic (exact) mass is 281 g/mol. The number of nitrogens with one attached hydrogen (secondary N) is 1. The Morgan fingerprint density at radius 1 is 1.05 bits per heavy atom. The molecule has 1 N–H and O–H groups in total. The molecule has 1 aromatic heterocycles. The first-order valence-electron chi connectivity index (χ1n) is 5.76. The van der Waals surface area contributed by atoms with Crippen molar-refractivity contribution in [2.75, 3.05) is 19.5 Å². The number of halogens is 2. The largest absolute Gasteiger partial charge is 0.481 e. The van der Waals surface area contributed by atoms with E-state index in [0.717, 1.165) is 12.1 Å². The van der Waals surface area contributed by atoms with Gasteiger partial charge in [-0.2, -0.15) is 0 Å². The second-order valence-electron chi connectivity index (χ2n) is 3.85. The van der Waals surface area contributed by atoms with Gasteiger partial charge in [-0.1, -0.05) is 0 Å². The summed E-state index contributed by atoms with van der Waals surface area (Å²) in [5.74, 6) is -1.11. The molecule has 2 rings (SSSR count). The number of ether oxygens (including phenoxy) is 2. The third-order valence-electron chi connectivity index (χ3n) is 2.64. The third kappa shape index (κ3) is 2.93. The van der Waals surface area contributed by atoms with Gasteiger partial charge < -0.3 is 14.8 Å². The predicted octanol–water partition coefficient (Wildman–Crippen LogP) is 2.38. The van der Waals surface area contributed by atoms with Crippen molar-refractivity contribution >= 4 is 5.69 Å². The lowest BCUT2D eigenvalue weighted by Gasteiger charge is -2.12. The predicted molar refractivity (Wildman–Crippen MR) is 68.8 cm³/mol. The zero-order valence-corrected chi connectivity index (χ0v) is 11.0. The fraction of sp³-hybridized carbons (Fsp3) is 0.231. The van der Waals surface area contributed by atoms with Crippen LogP contribution in [0.5, 0.6) is 11.8 Å². The molecule has 0 saturated carbocycles. The van der Waals surface area contributed by atoms with Crippen LogP contribution in [0.15, 0.2) is 24.5 Å². The van der Waals surface area contributed by atoms with E-state index in [-0.39, 0.29) is 6.54 Å². The van der Waals surface area contributed by atoms with Crippen LogP contribution in [-0.2, 0) is 6.54 Å². The van der Waals surface area contributed by atoms with Gasteiger partial charge in [-0.3, -0.25) is 0 Å². The Bertz CT molecular complexity index is 586. The van der Waals surface area contributed by atoms with E-state index in [1.165, 1.54) is 26.6 Å². The van der Waals surface area contributed by atoms with Crippen molar-refractivity contribution in [3.05, 3.63) is 41.7 Å². The number of anilines is 1. The Morgan fingerprint density at radius 2 is 1.70 bits per heavy atom. The lowest BCUT2D eigenvalue weighted by molar-refractivity contribution is 0.363. The van der Waals surface area contributed by atoms with Crippen LogP contribution >= 0.6 is 0 Å². The van der Waals surface area contributed by atoms with Gasteiger partial charge in [0.1, 0.15) is 6.33 Å². The summed E-state index contributed by atoms with van der Waals surface area (Å²) >= 11 is 0. The zero-order chi connectivity index (χ0) is 14.5. The molecule has 0 aliphatic carbocycles. The molecule has 0 unspecified atom stereocenters. The van der Waals surface area contributed by atoms with Crippen molar-refractivity contribution in [3.8, 4) is 11.8 Å². The molecule has 0 amide bonds. The Hall–Kier alpha value is -2.44. The molecule has 0 saturated heterocycles. The van der Waals surface area contributed by atoms with Crippen LogP contribution in [0.4, 0.5) is 14.5 Å². The maximum atomic E-state index is 13.1. The molecule has 1 aromatic carbocycles. The number of nitrogens with zero attached hydrogens (tertiary/aromatic N) is 2. The van der Waals surface area contributed by atoms with Crippen molar-refractivity contribution in [1.29, 1.82) is 0 Å². The maximum Gasteiger partial charge on any atom is 0.225 e. The van der Waals surface area contributed by atoms with Crippen LogP contribution in [0.3, 0.4) is 0 Å². The minimum atomic E-state index is -0.918. The summed E-state index contributed by atoms with van der Waals surface area (Å²) in [6, 6.07) is 3.55. The summed E-state index contributed by atoms with van der Waals surface area (Å²) in [4.78, 5) is 7.92. The Kier molecular flexibility index (Phi) is 4.29. The average molecular weight is 281 g/mol. The fourth-order valence-corrected chi connectivity index (χ4v) is 1.68. The number of hydrogen-bond donors (Lipinski definition) is 1. The van der Waals surface area contributed by atoms with E-state index in [1.54, 1.807) is 0 Å². The first kappa shape index (κ1) is 14.0. The van der Waals surface area contributed by atoms with Crippen LogP contribution in [0.2, 0.25) is 0 Å². The van der Waals surface area contributed by atoms with E-state index in [4.69, 9.17) is 9.47 Å². The fourth-order valence-electron chi connectivity index (χ4n) is 1.68. The molecular formula is C13H13F2N3O2. The molecule has 7 heteroatoms. The second kappa shape index (κ2) is 6.14. The summed E-state index contributed by atoms with van der Waals surface area (Å²) in [6.07, 6.45) is 1.32. The highest BCUT2D eigenvalue weighted by Gasteiger charge is 2.13. The van der Waals surface area contributed by atoms with Gasteiger partial charge in [-0.25, -0.2) is 18.7 Å². The molecule has 0 fully saturated rings. The number of aromatic nitrogens is 2. The second-order valence-corrected chi connectivity index (χ2v) is 3.85. The third-order valence-corrected chi connectivity index (χ3v) is 2.64. The smallest absolute Gasteiger partial charge is 0.225 e. The zero-order valence-electron chi connectivity index (χ0n) is 11.0. The van der Waals surface area contributed by atoms with Gasteiger partial charge in [-0.05, 0) is 12.1 Å². The lowest BCUT2D eigenvalue weighted by atomic mass is 10.2. The maximum absolute atomic E-state index is 13.1. The molecule has 106 valence electrons. The van der Waals surface area contributed by atoms with Gasteiger partial charge in [0, 0.05) is 11.8 Å². The van der Waals surface area contributed by atoms with E-state index in [1.807, 2.05) is 0 Å². The van der Waals surface area contributed by atoms with Gasteiger partial charge in [0.05, 0.1) is 26.3 Å². The topological polar surface area (TPSA) is 56.3 Å². The normalized spacial score (nSPS) is 10.2. The SMILES string of the molecule is COc1ncnc(OC)c1CNc1ccc(F)c(F)c1. The average Bonchev–Trinajstić information content (AvgIpc) is 2.48. The Morgan fingerprint density at radius 3 is 2.25 bits per heavy atom. The first-order valence-corrected chi connectivity index (χ1v) is 5.76. The Labute approximate surface area is 114 Å². The number of rotatable bonds is 5. The molecule has 1 heterocycles. The van der Waals surface area contributed by atoms with E-state index in [9.17, 15) is 8.78 Å². The molecule has 0 atom stereocenters. The van der Waals surface area contributed by atoms with Gasteiger partial charge >= 0.3 is 0 Å². The molecule has 2 aromatic rings. The van der Waals surface area contributed by atoms with Crippen molar-refractivity contribution in [3.63, 3.8) is 0 Å². The molecular weight excluding hydrogens is 268 g/mol.